The lowest BCUT2D eigenvalue weighted by molar-refractivity contribution is -0.0581. The lowest BCUT2D eigenvalue weighted by atomic mass is 9.47. The van der Waals surface area contributed by atoms with Gasteiger partial charge in [0.15, 0.2) is 0 Å². The van der Waals surface area contributed by atoms with Gasteiger partial charge in [0.05, 0.1) is 0 Å². The second kappa shape index (κ2) is 11.8. The van der Waals surface area contributed by atoms with E-state index in [1.54, 1.807) is 5.57 Å². The van der Waals surface area contributed by atoms with Gasteiger partial charge in [0.25, 0.3) is 0 Å². The van der Waals surface area contributed by atoms with Crippen LogP contribution in [0, 0.1) is 46.3 Å². The number of hydrogen-bond donors (Lipinski definition) is 2. The molecule has 0 unspecified atom stereocenters. The van der Waals surface area contributed by atoms with Crippen molar-refractivity contribution < 1.29 is 14.6 Å². The average Bonchev–Trinajstić information content (AvgIpc) is 3.19. The van der Waals surface area contributed by atoms with E-state index in [1.165, 1.54) is 51.4 Å². The molecular formula is C32H55NO3. The molecule has 0 heterocycles. The number of carbonyl (C=O) groups excluding carboxylic acids is 1. The van der Waals surface area contributed by atoms with Crippen LogP contribution in [0.3, 0.4) is 0 Å². The Bertz CT molecular complexity index is 777. The number of hydrogen-bond acceptors (Lipinski definition) is 3. The predicted molar refractivity (Wildman–Crippen MR) is 148 cm³/mol. The number of aliphatic hydroxyl groups is 1. The van der Waals surface area contributed by atoms with Gasteiger partial charge in [0, 0.05) is 19.6 Å². The molecule has 2 N–H and O–H groups in total. The average molecular weight is 502 g/mol. The third-order valence-corrected chi connectivity index (χ3v) is 11.4. The summed E-state index contributed by atoms with van der Waals surface area (Å²) in [6.07, 6.45) is 18.0. The van der Waals surface area contributed by atoms with Gasteiger partial charge in [0.1, 0.15) is 6.10 Å². The first-order valence-corrected chi connectivity index (χ1v) is 15.4. The van der Waals surface area contributed by atoms with Crippen LogP contribution in [-0.4, -0.2) is 30.5 Å². The number of carbonyl (C=O) groups is 1. The molecule has 0 aromatic heterocycles. The Balaban J connectivity index is 1.36. The highest BCUT2D eigenvalue weighted by Gasteiger charge is 2.59. The van der Waals surface area contributed by atoms with Crippen molar-refractivity contribution in [3.8, 4) is 0 Å². The molecule has 4 rings (SSSR count). The van der Waals surface area contributed by atoms with E-state index in [0.717, 1.165) is 67.6 Å². The van der Waals surface area contributed by atoms with Crippen molar-refractivity contribution in [2.45, 2.75) is 124 Å². The number of alkyl carbamates (subject to hydrolysis) is 1. The summed E-state index contributed by atoms with van der Waals surface area (Å²) in [5.41, 5.74) is 2.41. The minimum Gasteiger partial charge on any atom is -0.446 e. The van der Waals surface area contributed by atoms with E-state index in [9.17, 15) is 4.79 Å². The van der Waals surface area contributed by atoms with E-state index >= 15 is 0 Å². The number of nitrogens with one attached hydrogen (secondary N) is 1. The zero-order chi connectivity index (χ0) is 25.9. The van der Waals surface area contributed by atoms with Crippen LogP contribution in [-0.2, 0) is 4.74 Å². The van der Waals surface area contributed by atoms with Crippen LogP contribution in [0.25, 0.3) is 0 Å². The molecule has 0 aromatic rings. The summed E-state index contributed by atoms with van der Waals surface area (Å²) >= 11 is 0. The molecule has 206 valence electrons. The van der Waals surface area contributed by atoms with Crippen LogP contribution >= 0.6 is 0 Å². The number of aliphatic hydroxyl groups excluding tert-OH is 1. The molecule has 4 aliphatic carbocycles. The van der Waals surface area contributed by atoms with Gasteiger partial charge in [-0.1, -0.05) is 65.5 Å². The number of ether oxygens (including phenoxy) is 1. The van der Waals surface area contributed by atoms with E-state index < -0.39 is 0 Å². The molecule has 8 atom stereocenters. The molecule has 0 radical (unpaired) electrons. The van der Waals surface area contributed by atoms with Crippen molar-refractivity contribution in [2.75, 3.05) is 13.2 Å². The Hall–Kier alpha value is -1.03. The Kier molecular flexibility index (Phi) is 9.16. The first kappa shape index (κ1) is 28.0. The smallest absolute Gasteiger partial charge is 0.407 e. The second-order valence-corrected chi connectivity index (χ2v) is 13.9. The lowest BCUT2D eigenvalue weighted by Crippen LogP contribution is -2.51. The van der Waals surface area contributed by atoms with Gasteiger partial charge >= 0.3 is 6.09 Å². The maximum absolute atomic E-state index is 12.3. The van der Waals surface area contributed by atoms with E-state index in [0.29, 0.717) is 17.4 Å². The minimum atomic E-state index is -0.288. The van der Waals surface area contributed by atoms with Crippen molar-refractivity contribution in [1.82, 2.24) is 5.32 Å². The maximum atomic E-state index is 12.3. The quantitative estimate of drug-likeness (QED) is 0.236. The summed E-state index contributed by atoms with van der Waals surface area (Å²) < 4.78 is 5.82. The summed E-state index contributed by atoms with van der Waals surface area (Å²) in [5, 5.41) is 11.8. The zero-order valence-electron chi connectivity index (χ0n) is 24.0. The van der Waals surface area contributed by atoms with Gasteiger partial charge in [-0.05, 0) is 104 Å². The Morgan fingerprint density at radius 3 is 2.61 bits per heavy atom. The highest BCUT2D eigenvalue weighted by atomic mass is 16.6. The van der Waals surface area contributed by atoms with Crippen LogP contribution in [0.2, 0.25) is 0 Å². The summed E-state index contributed by atoms with van der Waals surface area (Å²) in [6, 6.07) is 0. The monoisotopic (exact) mass is 501 g/mol. The summed E-state index contributed by atoms with van der Waals surface area (Å²) in [6.45, 7) is 13.3. The van der Waals surface area contributed by atoms with Crippen LogP contribution in [0.5, 0.6) is 0 Å². The van der Waals surface area contributed by atoms with Gasteiger partial charge in [-0.3, -0.25) is 0 Å². The Morgan fingerprint density at radius 1 is 1.06 bits per heavy atom. The topological polar surface area (TPSA) is 58.6 Å². The van der Waals surface area contributed by atoms with Gasteiger partial charge in [-0.2, -0.15) is 0 Å². The molecule has 0 spiro atoms. The van der Waals surface area contributed by atoms with Crippen LogP contribution in [0.15, 0.2) is 11.6 Å². The Labute approximate surface area is 221 Å². The van der Waals surface area contributed by atoms with Crippen molar-refractivity contribution in [1.29, 1.82) is 0 Å². The molecule has 3 saturated carbocycles. The highest BCUT2D eigenvalue weighted by molar-refractivity contribution is 5.67. The number of unbranched alkanes of at least 4 members (excludes halogenated alkanes) is 1. The highest BCUT2D eigenvalue weighted by Crippen LogP contribution is 2.67. The number of rotatable bonds is 10. The molecular weight excluding hydrogens is 446 g/mol. The summed E-state index contributed by atoms with van der Waals surface area (Å²) in [7, 11) is 0. The third kappa shape index (κ3) is 5.69. The minimum absolute atomic E-state index is 0.00937. The largest absolute Gasteiger partial charge is 0.446 e. The van der Waals surface area contributed by atoms with E-state index in [1.807, 2.05) is 0 Å². The van der Waals surface area contributed by atoms with E-state index in [4.69, 9.17) is 9.84 Å². The fourth-order valence-electron chi connectivity index (χ4n) is 9.37. The number of amides is 1. The molecule has 4 aliphatic rings. The SMILES string of the molecule is CC(C)CCC[C@@H](C)[C@H]1CC[C@H]2[C@@H]3CC=C4C[C@@H](OC(=O)NCCCCO)CC[C@]4(C)[C@H]3CC[C@]12C. The van der Waals surface area contributed by atoms with E-state index in [2.05, 4.69) is 46.0 Å². The van der Waals surface area contributed by atoms with E-state index in [-0.39, 0.29) is 18.8 Å². The number of fused-ring (bicyclic) bond motifs is 5. The first-order chi connectivity index (χ1) is 17.2. The second-order valence-electron chi connectivity index (χ2n) is 13.9. The molecule has 4 heteroatoms. The van der Waals surface area contributed by atoms with Crippen LogP contribution < -0.4 is 5.32 Å². The molecule has 0 bridgehead atoms. The van der Waals surface area contributed by atoms with Crippen LogP contribution in [0.4, 0.5) is 4.79 Å². The zero-order valence-corrected chi connectivity index (χ0v) is 24.0. The molecule has 4 nitrogen and oxygen atoms in total. The fourth-order valence-corrected chi connectivity index (χ4v) is 9.37. The van der Waals surface area contributed by atoms with Gasteiger partial charge in [-0.15, -0.1) is 0 Å². The molecule has 36 heavy (non-hydrogen) atoms. The molecule has 0 aliphatic heterocycles. The first-order valence-electron chi connectivity index (χ1n) is 15.4. The molecule has 3 fully saturated rings. The fraction of sp³-hybridized carbons (Fsp3) is 0.906. The van der Waals surface area contributed by atoms with Gasteiger partial charge in [-0.25, -0.2) is 4.79 Å². The standard InChI is InChI=1S/C32H55NO3/c1-22(2)9-8-10-23(3)27-13-14-28-26-12-11-24-21-25(36-30(35)33-19-6-7-20-34)15-17-31(24,4)29(26)16-18-32(27,28)5/h11,22-23,25-29,34H,6-10,12-21H2,1-5H3,(H,33,35)/t23-,25+,26+,27-,28+,29+,31+,32-/m1/s1. The van der Waals surface area contributed by atoms with Crippen molar-refractivity contribution >= 4 is 6.09 Å². The van der Waals surface area contributed by atoms with Crippen molar-refractivity contribution in [2.24, 2.45) is 46.3 Å². The summed E-state index contributed by atoms with van der Waals surface area (Å²) in [5.74, 6) is 5.14. The van der Waals surface area contributed by atoms with Gasteiger partial charge in [0.2, 0.25) is 0 Å². The molecule has 1 amide bonds. The lowest BCUT2D eigenvalue weighted by Gasteiger charge is -2.58. The maximum Gasteiger partial charge on any atom is 0.407 e. The van der Waals surface area contributed by atoms with Gasteiger partial charge < -0.3 is 15.2 Å². The number of allylic oxidation sites excluding steroid dienone is 1. The third-order valence-electron chi connectivity index (χ3n) is 11.4. The van der Waals surface area contributed by atoms with Crippen LogP contribution in [0.1, 0.15) is 118 Å². The predicted octanol–water partition coefficient (Wildman–Crippen LogP) is 7.90. The summed E-state index contributed by atoms with van der Waals surface area (Å²) in [4.78, 5) is 12.3. The van der Waals surface area contributed by atoms with Crippen molar-refractivity contribution in [3.63, 3.8) is 0 Å². The Morgan fingerprint density at radius 2 is 1.86 bits per heavy atom. The normalized spacial score (nSPS) is 38.5. The van der Waals surface area contributed by atoms with Crippen molar-refractivity contribution in [3.05, 3.63) is 11.6 Å². The molecule has 0 aromatic carbocycles. The molecule has 0 saturated heterocycles.